The first-order valence-electron chi connectivity index (χ1n) is 8.65. The SMILES string of the molecule is COc1cc(Cl)c(C)cc1NC(=O)C12CC3CC(CC(C3)C1)C2. The normalized spacial score (nSPS) is 34.5. The lowest BCUT2D eigenvalue weighted by Crippen LogP contribution is -2.51. The summed E-state index contributed by atoms with van der Waals surface area (Å²) >= 11 is 6.16. The summed E-state index contributed by atoms with van der Waals surface area (Å²) in [4.78, 5) is 13.1. The molecular formula is C19H24ClNO2. The van der Waals surface area contributed by atoms with Gasteiger partial charge in [0.1, 0.15) is 5.75 Å². The molecule has 4 fully saturated rings. The summed E-state index contributed by atoms with van der Waals surface area (Å²) in [5.41, 5.74) is 1.55. The lowest BCUT2D eigenvalue weighted by atomic mass is 9.49. The van der Waals surface area contributed by atoms with E-state index in [1.165, 1.54) is 19.3 Å². The molecule has 0 unspecified atom stereocenters. The van der Waals surface area contributed by atoms with E-state index in [2.05, 4.69) is 5.32 Å². The molecule has 1 aromatic rings. The van der Waals surface area contributed by atoms with E-state index in [0.717, 1.165) is 48.3 Å². The predicted molar refractivity (Wildman–Crippen MR) is 92.0 cm³/mol. The van der Waals surface area contributed by atoms with Gasteiger partial charge in [-0.1, -0.05) is 11.6 Å². The Balaban J connectivity index is 1.60. The number of ether oxygens (including phenoxy) is 1. The average Bonchev–Trinajstić information content (AvgIpc) is 2.49. The van der Waals surface area contributed by atoms with E-state index >= 15 is 0 Å². The molecule has 124 valence electrons. The van der Waals surface area contributed by atoms with E-state index in [-0.39, 0.29) is 11.3 Å². The van der Waals surface area contributed by atoms with Gasteiger partial charge in [0.2, 0.25) is 5.91 Å². The number of methoxy groups -OCH3 is 1. The van der Waals surface area contributed by atoms with E-state index in [0.29, 0.717) is 10.8 Å². The second-order valence-electron chi connectivity index (χ2n) is 7.95. The van der Waals surface area contributed by atoms with Gasteiger partial charge >= 0.3 is 0 Å². The van der Waals surface area contributed by atoms with E-state index in [1.54, 1.807) is 13.2 Å². The van der Waals surface area contributed by atoms with Crippen molar-refractivity contribution >= 4 is 23.2 Å². The highest BCUT2D eigenvalue weighted by Gasteiger charge is 2.54. The number of carbonyl (C=O) groups is 1. The number of hydrogen-bond donors (Lipinski definition) is 1. The molecule has 1 aromatic carbocycles. The number of hydrogen-bond acceptors (Lipinski definition) is 2. The molecule has 4 saturated carbocycles. The second kappa shape index (κ2) is 5.41. The topological polar surface area (TPSA) is 38.3 Å². The van der Waals surface area contributed by atoms with Crippen molar-refractivity contribution in [2.24, 2.45) is 23.2 Å². The molecule has 4 bridgehead atoms. The van der Waals surface area contributed by atoms with Crippen molar-refractivity contribution in [3.05, 3.63) is 22.7 Å². The molecule has 23 heavy (non-hydrogen) atoms. The summed E-state index contributed by atoms with van der Waals surface area (Å²) in [6.45, 7) is 1.95. The van der Waals surface area contributed by atoms with Gasteiger partial charge in [0, 0.05) is 11.1 Å². The van der Waals surface area contributed by atoms with E-state index in [1.807, 2.05) is 13.0 Å². The van der Waals surface area contributed by atoms with Gasteiger partial charge in [-0.25, -0.2) is 0 Å². The summed E-state index contributed by atoms with van der Waals surface area (Å²) in [5.74, 6) is 3.12. The second-order valence-corrected chi connectivity index (χ2v) is 8.36. The molecule has 4 aliphatic rings. The Morgan fingerprint density at radius 3 is 2.26 bits per heavy atom. The number of nitrogens with one attached hydrogen (secondary N) is 1. The Labute approximate surface area is 142 Å². The minimum Gasteiger partial charge on any atom is -0.495 e. The van der Waals surface area contributed by atoms with Crippen LogP contribution >= 0.6 is 11.6 Å². The molecule has 0 saturated heterocycles. The van der Waals surface area contributed by atoms with Crippen LogP contribution in [0.25, 0.3) is 0 Å². The number of halogens is 1. The van der Waals surface area contributed by atoms with Crippen LogP contribution in [0.4, 0.5) is 5.69 Å². The summed E-state index contributed by atoms with van der Waals surface area (Å²) in [5, 5.41) is 3.83. The molecule has 1 N–H and O–H groups in total. The van der Waals surface area contributed by atoms with Crippen molar-refractivity contribution in [3.8, 4) is 5.75 Å². The molecule has 0 heterocycles. The molecule has 1 amide bonds. The van der Waals surface area contributed by atoms with Crippen LogP contribution in [0.15, 0.2) is 12.1 Å². The number of carbonyl (C=O) groups excluding carboxylic acids is 1. The predicted octanol–water partition coefficient (Wildman–Crippen LogP) is 4.81. The minimum absolute atomic E-state index is 0.146. The van der Waals surface area contributed by atoms with E-state index in [4.69, 9.17) is 16.3 Å². The van der Waals surface area contributed by atoms with E-state index < -0.39 is 0 Å². The van der Waals surface area contributed by atoms with Gasteiger partial charge in [-0.05, 0) is 74.8 Å². The van der Waals surface area contributed by atoms with E-state index in [9.17, 15) is 4.79 Å². The van der Waals surface area contributed by atoms with Crippen molar-refractivity contribution in [3.63, 3.8) is 0 Å². The van der Waals surface area contributed by atoms with Crippen LogP contribution in [0.1, 0.15) is 44.1 Å². The van der Waals surface area contributed by atoms with Crippen LogP contribution in [0.5, 0.6) is 5.75 Å². The molecule has 5 rings (SSSR count). The van der Waals surface area contributed by atoms with Crippen LogP contribution < -0.4 is 10.1 Å². The zero-order valence-corrected chi connectivity index (χ0v) is 14.6. The molecule has 3 nitrogen and oxygen atoms in total. The smallest absolute Gasteiger partial charge is 0.230 e. The van der Waals surface area contributed by atoms with Crippen LogP contribution in [0, 0.1) is 30.1 Å². The summed E-state index contributed by atoms with van der Waals surface area (Å²) < 4.78 is 5.40. The fourth-order valence-corrected chi connectivity index (χ4v) is 5.73. The van der Waals surface area contributed by atoms with Gasteiger partial charge in [0.05, 0.1) is 18.2 Å². The Morgan fingerprint density at radius 2 is 1.74 bits per heavy atom. The fourth-order valence-electron chi connectivity index (χ4n) is 5.57. The molecule has 0 spiro atoms. The first-order valence-corrected chi connectivity index (χ1v) is 9.02. The van der Waals surface area contributed by atoms with Gasteiger partial charge in [-0.3, -0.25) is 4.79 Å². The number of benzene rings is 1. The van der Waals surface area contributed by atoms with Crippen LogP contribution in [-0.4, -0.2) is 13.0 Å². The van der Waals surface area contributed by atoms with Crippen molar-refractivity contribution in [1.82, 2.24) is 0 Å². The van der Waals surface area contributed by atoms with Crippen molar-refractivity contribution in [2.45, 2.75) is 45.4 Å². The number of amides is 1. The largest absolute Gasteiger partial charge is 0.495 e. The third-order valence-corrected chi connectivity index (χ3v) is 6.66. The standard InChI is InChI=1S/C19H24ClNO2/c1-11-3-16(17(23-2)7-15(11)20)21-18(22)19-8-12-4-13(9-19)6-14(5-12)10-19/h3,7,12-14H,4-6,8-10H2,1-2H3,(H,21,22). The third-order valence-electron chi connectivity index (χ3n) is 6.25. The Hall–Kier alpha value is -1.22. The van der Waals surface area contributed by atoms with Gasteiger partial charge in [-0.2, -0.15) is 0 Å². The molecule has 0 aliphatic heterocycles. The Kier molecular flexibility index (Phi) is 3.60. The van der Waals surface area contributed by atoms with Crippen molar-refractivity contribution < 1.29 is 9.53 Å². The number of rotatable bonds is 3. The maximum atomic E-state index is 13.1. The zero-order valence-electron chi connectivity index (χ0n) is 13.8. The molecule has 0 aromatic heterocycles. The molecule has 0 atom stereocenters. The summed E-state index contributed by atoms with van der Waals surface area (Å²) in [6.07, 6.45) is 7.24. The molecular weight excluding hydrogens is 310 g/mol. The minimum atomic E-state index is -0.146. The Morgan fingerprint density at radius 1 is 1.17 bits per heavy atom. The molecule has 0 radical (unpaired) electrons. The van der Waals surface area contributed by atoms with Gasteiger partial charge < -0.3 is 10.1 Å². The fraction of sp³-hybridized carbons (Fsp3) is 0.632. The van der Waals surface area contributed by atoms with Crippen molar-refractivity contribution in [1.29, 1.82) is 0 Å². The van der Waals surface area contributed by atoms with Crippen molar-refractivity contribution in [2.75, 3.05) is 12.4 Å². The highest BCUT2D eigenvalue weighted by Crippen LogP contribution is 2.60. The number of anilines is 1. The Bertz CT molecular complexity index is 620. The van der Waals surface area contributed by atoms with Gasteiger partial charge in [0.25, 0.3) is 0 Å². The molecule has 4 aliphatic carbocycles. The average molecular weight is 334 g/mol. The first-order chi connectivity index (χ1) is 11.0. The number of aryl methyl sites for hydroxylation is 1. The quantitative estimate of drug-likeness (QED) is 0.861. The van der Waals surface area contributed by atoms with Crippen LogP contribution in [0.3, 0.4) is 0 Å². The summed E-state index contributed by atoms with van der Waals surface area (Å²) in [7, 11) is 1.61. The maximum Gasteiger partial charge on any atom is 0.230 e. The maximum absolute atomic E-state index is 13.1. The molecule has 4 heteroatoms. The highest BCUT2D eigenvalue weighted by molar-refractivity contribution is 6.31. The van der Waals surface area contributed by atoms with Gasteiger partial charge in [-0.15, -0.1) is 0 Å². The van der Waals surface area contributed by atoms with Gasteiger partial charge in [0.15, 0.2) is 0 Å². The third kappa shape index (κ3) is 2.53. The highest BCUT2D eigenvalue weighted by atomic mass is 35.5. The zero-order chi connectivity index (χ0) is 16.2. The lowest BCUT2D eigenvalue weighted by molar-refractivity contribution is -0.140. The lowest BCUT2D eigenvalue weighted by Gasteiger charge is -2.55. The monoisotopic (exact) mass is 333 g/mol. The van der Waals surface area contributed by atoms with Crippen LogP contribution in [-0.2, 0) is 4.79 Å². The van der Waals surface area contributed by atoms with Crippen LogP contribution in [0.2, 0.25) is 5.02 Å². The summed E-state index contributed by atoms with van der Waals surface area (Å²) in [6, 6.07) is 3.70. The first kappa shape index (κ1) is 15.3.